The van der Waals surface area contributed by atoms with Crippen LogP contribution in [0.25, 0.3) is 0 Å². The zero-order chi connectivity index (χ0) is 18.1. The van der Waals surface area contributed by atoms with Crippen LogP contribution in [0.4, 0.5) is 0 Å². The van der Waals surface area contributed by atoms with Gasteiger partial charge in [0.05, 0.1) is 0 Å². The van der Waals surface area contributed by atoms with Crippen molar-refractivity contribution in [2.45, 2.75) is 53.1 Å². The minimum absolute atomic E-state index is 0.171. The van der Waals surface area contributed by atoms with Crippen molar-refractivity contribution in [1.82, 2.24) is 0 Å². The zero-order valence-electron chi connectivity index (χ0n) is 15.0. The summed E-state index contributed by atoms with van der Waals surface area (Å²) in [5, 5.41) is 0. The van der Waals surface area contributed by atoms with E-state index in [1.54, 1.807) is 13.0 Å². The van der Waals surface area contributed by atoms with Crippen molar-refractivity contribution in [2.75, 3.05) is 6.61 Å². The number of rotatable bonds is 5. The third-order valence-electron chi connectivity index (χ3n) is 4.68. The number of esters is 2. The van der Waals surface area contributed by atoms with E-state index in [0.29, 0.717) is 5.92 Å². The highest BCUT2D eigenvalue weighted by Crippen LogP contribution is 2.48. The molecular weight excluding hydrogens is 308 g/mol. The predicted octanol–water partition coefficient (Wildman–Crippen LogP) is 2.99. The molecule has 0 bridgehead atoms. The normalized spacial score (nSPS) is 28.8. The van der Waals surface area contributed by atoms with Crippen molar-refractivity contribution >= 4 is 17.7 Å². The number of hydrogen-bond acceptors (Lipinski definition) is 5. The molecule has 2 aliphatic rings. The molecule has 0 amide bonds. The topological polar surface area (TPSA) is 69.7 Å². The Balaban J connectivity index is 2.59. The number of carbonyl (C=O) groups is 3. The van der Waals surface area contributed by atoms with Crippen LogP contribution in [0.1, 0.15) is 47.5 Å². The number of hydrogen-bond donors (Lipinski definition) is 0. The van der Waals surface area contributed by atoms with Crippen LogP contribution in [-0.2, 0) is 23.9 Å². The molecule has 5 heteroatoms. The second kappa shape index (κ2) is 6.54. The molecule has 0 spiro atoms. The van der Waals surface area contributed by atoms with Crippen LogP contribution < -0.4 is 0 Å². The van der Waals surface area contributed by atoms with Gasteiger partial charge in [0, 0.05) is 11.8 Å². The molecule has 1 unspecified atom stereocenters. The number of carbonyl (C=O) groups excluding carboxylic acids is 3. The first-order valence-corrected chi connectivity index (χ1v) is 8.45. The van der Waals surface area contributed by atoms with Crippen LogP contribution >= 0.6 is 0 Å². The van der Waals surface area contributed by atoms with E-state index in [9.17, 15) is 14.4 Å². The Bertz CT molecular complexity index is 595. The van der Waals surface area contributed by atoms with E-state index in [-0.39, 0.29) is 18.8 Å². The second-order valence-corrected chi connectivity index (χ2v) is 7.50. The molecule has 0 N–H and O–H groups in total. The van der Waals surface area contributed by atoms with Gasteiger partial charge in [-0.1, -0.05) is 46.8 Å². The maximum atomic E-state index is 12.4. The molecule has 1 aliphatic heterocycles. The lowest BCUT2D eigenvalue weighted by Gasteiger charge is -2.46. The molecular formula is C19H26O5. The third kappa shape index (κ3) is 3.17. The fourth-order valence-corrected chi connectivity index (χ4v) is 3.34. The molecule has 1 saturated heterocycles. The van der Waals surface area contributed by atoms with Gasteiger partial charge in [0.2, 0.25) is 0 Å². The molecule has 0 aromatic carbocycles. The van der Waals surface area contributed by atoms with Gasteiger partial charge in [0.25, 0.3) is 0 Å². The lowest BCUT2D eigenvalue weighted by Crippen LogP contribution is -2.56. The molecule has 5 nitrogen and oxygen atoms in total. The molecule has 24 heavy (non-hydrogen) atoms. The molecule has 1 heterocycles. The summed E-state index contributed by atoms with van der Waals surface area (Å²) in [4.78, 5) is 36.8. The zero-order valence-corrected chi connectivity index (χ0v) is 15.0. The smallest absolute Gasteiger partial charge is 0.321 e. The fraction of sp³-hybridized carbons (Fsp3) is 0.632. The Morgan fingerprint density at radius 3 is 2.54 bits per heavy atom. The summed E-state index contributed by atoms with van der Waals surface area (Å²) in [6.07, 6.45) is 6.66. The van der Waals surface area contributed by atoms with Crippen molar-refractivity contribution in [3.63, 3.8) is 0 Å². The van der Waals surface area contributed by atoms with E-state index in [4.69, 9.17) is 9.47 Å². The van der Waals surface area contributed by atoms with Gasteiger partial charge in [0.15, 0.2) is 23.9 Å². The summed E-state index contributed by atoms with van der Waals surface area (Å²) in [5.74, 6) is -2.12. The lowest BCUT2D eigenvalue weighted by atomic mass is 9.63. The maximum absolute atomic E-state index is 12.4. The van der Waals surface area contributed by atoms with E-state index in [1.165, 1.54) is 0 Å². The summed E-state index contributed by atoms with van der Waals surface area (Å²) in [6.45, 7) is 9.34. The highest BCUT2D eigenvalue weighted by atomic mass is 16.6. The van der Waals surface area contributed by atoms with Crippen LogP contribution in [0.15, 0.2) is 23.8 Å². The number of Topliss-reactive ketones (excluding diaryl/α,β-unsaturated/α-hetero) is 1. The summed E-state index contributed by atoms with van der Waals surface area (Å²) in [7, 11) is 0. The van der Waals surface area contributed by atoms with Crippen molar-refractivity contribution in [3.05, 3.63) is 23.8 Å². The first kappa shape index (κ1) is 18.4. The van der Waals surface area contributed by atoms with Crippen LogP contribution in [0, 0.1) is 17.3 Å². The largest absolute Gasteiger partial charge is 0.457 e. The average molecular weight is 334 g/mol. The van der Waals surface area contributed by atoms with E-state index in [2.05, 4.69) is 13.8 Å². The van der Waals surface area contributed by atoms with E-state index in [1.807, 2.05) is 26.0 Å². The molecule has 2 rings (SSSR count). The van der Waals surface area contributed by atoms with Gasteiger partial charge in [-0.15, -0.1) is 0 Å². The third-order valence-corrected chi connectivity index (χ3v) is 4.68. The molecule has 0 saturated carbocycles. The van der Waals surface area contributed by atoms with Crippen LogP contribution in [0.3, 0.4) is 0 Å². The van der Waals surface area contributed by atoms with Gasteiger partial charge in [0.1, 0.15) is 0 Å². The summed E-state index contributed by atoms with van der Waals surface area (Å²) >= 11 is 0. The molecule has 1 aliphatic carbocycles. The van der Waals surface area contributed by atoms with Crippen LogP contribution in [0.5, 0.6) is 0 Å². The summed E-state index contributed by atoms with van der Waals surface area (Å²) < 4.78 is 10.7. The van der Waals surface area contributed by atoms with Gasteiger partial charge in [-0.05, 0) is 24.0 Å². The lowest BCUT2D eigenvalue weighted by molar-refractivity contribution is -0.175. The number of ether oxygens (including phenoxy) is 2. The highest BCUT2D eigenvalue weighted by molar-refractivity contribution is 6.06. The van der Waals surface area contributed by atoms with Gasteiger partial charge in [-0.2, -0.15) is 0 Å². The van der Waals surface area contributed by atoms with E-state index >= 15 is 0 Å². The Morgan fingerprint density at radius 2 is 2.04 bits per heavy atom. The first-order valence-electron chi connectivity index (χ1n) is 8.45. The van der Waals surface area contributed by atoms with E-state index in [0.717, 1.165) is 12.0 Å². The van der Waals surface area contributed by atoms with Crippen molar-refractivity contribution in [2.24, 2.45) is 17.3 Å². The Morgan fingerprint density at radius 1 is 1.38 bits per heavy atom. The highest BCUT2D eigenvalue weighted by Gasteiger charge is 2.60. The fourth-order valence-electron chi connectivity index (χ4n) is 3.34. The molecule has 0 aromatic heterocycles. The monoisotopic (exact) mass is 334 g/mol. The van der Waals surface area contributed by atoms with Crippen molar-refractivity contribution < 1.29 is 23.9 Å². The van der Waals surface area contributed by atoms with Gasteiger partial charge < -0.3 is 9.47 Å². The van der Waals surface area contributed by atoms with Gasteiger partial charge in [-0.25, -0.2) is 0 Å². The number of allylic oxidation sites excluding steroid dienone is 2. The van der Waals surface area contributed by atoms with Gasteiger partial charge >= 0.3 is 11.9 Å². The van der Waals surface area contributed by atoms with Gasteiger partial charge in [-0.3, -0.25) is 14.4 Å². The minimum atomic E-state index is -1.34. The van der Waals surface area contributed by atoms with Crippen molar-refractivity contribution in [1.29, 1.82) is 0 Å². The average Bonchev–Trinajstić information content (AvgIpc) is 2.81. The maximum Gasteiger partial charge on any atom is 0.321 e. The first-order chi connectivity index (χ1) is 11.1. The second-order valence-electron chi connectivity index (χ2n) is 7.50. The van der Waals surface area contributed by atoms with Crippen LogP contribution in [-0.4, -0.2) is 29.9 Å². The molecule has 2 atom stereocenters. The molecule has 0 aromatic rings. The number of cyclic esters (lactones) is 1. The molecule has 1 fully saturated rings. The quantitative estimate of drug-likeness (QED) is 0.571. The standard InChI is InChI=1S/C19H26O5/c1-6-15(21)24-19(16-14(20)11-23-17(16)22)10-13(9-12(2)3)7-8-18(19,4)5/h7-8,10,12,16H,6,9,11H2,1-5H3/t16?,19-/m1/s1. The Hall–Kier alpha value is -1.91. The van der Waals surface area contributed by atoms with Crippen molar-refractivity contribution in [3.8, 4) is 0 Å². The van der Waals surface area contributed by atoms with E-state index < -0.39 is 28.9 Å². The Kier molecular flexibility index (Phi) is 5.02. The molecule has 0 radical (unpaired) electrons. The predicted molar refractivity (Wildman–Crippen MR) is 89.0 cm³/mol. The number of ketones is 1. The summed E-state index contributed by atoms with van der Waals surface area (Å²) in [6, 6.07) is 0. The van der Waals surface area contributed by atoms with Crippen LogP contribution in [0.2, 0.25) is 0 Å². The minimum Gasteiger partial charge on any atom is -0.457 e. The SMILES string of the molecule is CCC(=O)O[C@@]1(C2C(=O)COC2=O)C=C(CC(C)C)C=CC1(C)C. The molecule has 132 valence electrons. The Labute approximate surface area is 143 Å². The summed E-state index contributed by atoms with van der Waals surface area (Å²) in [5.41, 5.74) is -1.09.